The Kier molecular flexibility index (Phi) is 9.62. The van der Waals surface area contributed by atoms with E-state index in [-0.39, 0.29) is 60.7 Å². The number of halogens is 2. The van der Waals surface area contributed by atoms with Gasteiger partial charge in [0.15, 0.2) is 0 Å². The highest BCUT2D eigenvalue weighted by Gasteiger charge is 2.36. The number of fused-ring (bicyclic) bond motifs is 1. The average Bonchev–Trinajstić information content (AvgIpc) is 2.96. The first-order chi connectivity index (χ1) is 13.8. The second kappa shape index (κ2) is 11.2. The molecule has 2 aromatic rings. The number of rotatable bonds is 7. The van der Waals surface area contributed by atoms with Crippen molar-refractivity contribution in [2.45, 2.75) is 32.9 Å². The maximum Gasteiger partial charge on any atom is 0.261 e. The molecule has 1 aromatic heterocycles. The van der Waals surface area contributed by atoms with Crippen molar-refractivity contribution in [1.29, 1.82) is 0 Å². The minimum Gasteiger partial charge on any atom is -0.342 e. The van der Waals surface area contributed by atoms with E-state index < -0.39 is 0 Å². The number of aromatic nitrogens is 1. The van der Waals surface area contributed by atoms with Gasteiger partial charge in [-0.25, -0.2) is 0 Å². The van der Waals surface area contributed by atoms with E-state index in [2.05, 4.69) is 4.98 Å². The fourth-order valence-corrected chi connectivity index (χ4v) is 3.24. The van der Waals surface area contributed by atoms with Crippen molar-refractivity contribution in [1.82, 2.24) is 14.8 Å². The minimum absolute atomic E-state index is 0. The van der Waals surface area contributed by atoms with Crippen LogP contribution in [-0.4, -0.2) is 52.1 Å². The number of carbonyl (C=O) groups excluding carboxylic acids is 3. The summed E-state index contributed by atoms with van der Waals surface area (Å²) >= 11 is 0. The lowest BCUT2D eigenvalue weighted by atomic mass is 10.0. The molecule has 9 heteroatoms. The molecule has 0 fully saturated rings. The first-order valence-corrected chi connectivity index (χ1v) is 9.69. The van der Waals surface area contributed by atoms with Gasteiger partial charge in [0, 0.05) is 37.6 Å². The van der Waals surface area contributed by atoms with Gasteiger partial charge in [0.2, 0.25) is 0 Å². The molecule has 168 valence electrons. The number of pyridine rings is 1. The molecular weight excluding hydrogens is 439 g/mol. The Morgan fingerprint density at radius 2 is 1.68 bits per heavy atom. The summed E-state index contributed by atoms with van der Waals surface area (Å²) in [6, 6.07) is 8.21. The van der Waals surface area contributed by atoms with Crippen LogP contribution in [0.3, 0.4) is 0 Å². The Balaban J connectivity index is 0.00000240. The number of amides is 3. The second-order valence-electron chi connectivity index (χ2n) is 7.74. The van der Waals surface area contributed by atoms with E-state index in [4.69, 9.17) is 5.73 Å². The second-order valence-corrected chi connectivity index (χ2v) is 7.74. The van der Waals surface area contributed by atoms with Crippen LogP contribution in [0, 0.1) is 5.92 Å². The number of hydrogen-bond acceptors (Lipinski definition) is 5. The first kappa shape index (κ1) is 26.6. The average molecular weight is 467 g/mol. The normalized spacial score (nSPS) is 13.4. The molecule has 3 amide bonds. The lowest BCUT2D eigenvalue weighted by molar-refractivity contribution is 0.0642. The number of carbonyl (C=O) groups is 3. The van der Waals surface area contributed by atoms with Crippen molar-refractivity contribution in [2.75, 3.05) is 13.6 Å². The lowest BCUT2D eigenvalue weighted by Gasteiger charge is -2.21. The predicted octanol–water partition coefficient (Wildman–Crippen LogP) is 3.17. The first-order valence-electron chi connectivity index (χ1n) is 9.69. The summed E-state index contributed by atoms with van der Waals surface area (Å²) < 4.78 is 0. The van der Waals surface area contributed by atoms with Crippen molar-refractivity contribution in [3.63, 3.8) is 0 Å². The molecule has 1 aliphatic rings. The zero-order valence-corrected chi connectivity index (χ0v) is 19.4. The van der Waals surface area contributed by atoms with E-state index in [9.17, 15) is 14.4 Å². The van der Waals surface area contributed by atoms with Gasteiger partial charge in [-0.15, -0.1) is 24.8 Å². The molecule has 0 radical (unpaired) electrons. The van der Waals surface area contributed by atoms with Crippen molar-refractivity contribution in [2.24, 2.45) is 11.7 Å². The summed E-state index contributed by atoms with van der Waals surface area (Å²) in [7, 11) is 1.71. The summed E-state index contributed by atoms with van der Waals surface area (Å²) in [4.78, 5) is 44.9. The van der Waals surface area contributed by atoms with Crippen molar-refractivity contribution in [3.05, 3.63) is 65.0 Å². The maximum atomic E-state index is 12.8. The van der Waals surface area contributed by atoms with Crippen LogP contribution in [0.4, 0.5) is 0 Å². The minimum atomic E-state index is -0.388. The molecule has 0 aliphatic carbocycles. The zero-order valence-electron chi connectivity index (χ0n) is 17.8. The van der Waals surface area contributed by atoms with Crippen LogP contribution in [0.2, 0.25) is 0 Å². The van der Waals surface area contributed by atoms with Crippen LogP contribution in [-0.2, 0) is 6.54 Å². The molecule has 0 saturated heterocycles. The van der Waals surface area contributed by atoms with E-state index in [1.54, 1.807) is 48.6 Å². The van der Waals surface area contributed by atoms with Crippen LogP contribution >= 0.6 is 24.8 Å². The van der Waals surface area contributed by atoms with Crippen LogP contribution in [0.25, 0.3) is 0 Å². The highest BCUT2D eigenvalue weighted by atomic mass is 35.5. The molecule has 0 bridgehead atoms. The molecule has 31 heavy (non-hydrogen) atoms. The summed E-state index contributed by atoms with van der Waals surface area (Å²) in [5, 5.41) is 0. The van der Waals surface area contributed by atoms with Gasteiger partial charge in [0.05, 0.1) is 17.7 Å². The van der Waals surface area contributed by atoms with Crippen LogP contribution in [0.5, 0.6) is 0 Å². The Labute approximate surface area is 194 Å². The summed E-state index contributed by atoms with van der Waals surface area (Å²) in [5.41, 5.74) is 7.85. The number of nitrogens with two attached hydrogens (primary N) is 1. The van der Waals surface area contributed by atoms with E-state index >= 15 is 0 Å². The van der Waals surface area contributed by atoms with Gasteiger partial charge in [-0.05, 0) is 48.2 Å². The number of nitrogens with zero attached hydrogens (tertiary/aromatic N) is 3. The third-order valence-corrected chi connectivity index (χ3v) is 5.31. The van der Waals surface area contributed by atoms with E-state index in [0.29, 0.717) is 30.0 Å². The fourth-order valence-electron chi connectivity index (χ4n) is 3.24. The van der Waals surface area contributed by atoms with Gasteiger partial charge in [0.25, 0.3) is 17.7 Å². The molecular formula is C22H28Cl2N4O3. The Hall–Kier alpha value is -2.48. The number of benzene rings is 1. The van der Waals surface area contributed by atoms with E-state index in [1.165, 1.54) is 11.0 Å². The fraction of sp³-hybridized carbons (Fsp3) is 0.364. The number of hydrogen-bond donors (Lipinski definition) is 1. The standard InChI is InChI=1S/C22H26N4O3.2ClH/c1-14(2)19(23)8-11-25(3)20(27)16-4-5-17-18(12-16)22(29)26(21(17)28)13-15-6-9-24-10-7-15;;/h4-7,9-10,12,14,19H,8,11,13,23H2,1-3H3;2*1H. The van der Waals surface area contributed by atoms with Crippen LogP contribution in [0.15, 0.2) is 42.7 Å². The van der Waals surface area contributed by atoms with E-state index in [0.717, 1.165) is 5.56 Å². The van der Waals surface area contributed by atoms with Gasteiger partial charge in [0.1, 0.15) is 0 Å². The Morgan fingerprint density at radius 1 is 1.06 bits per heavy atom. The molecule has 1 aromatic carbocycles. The summed E-state index contributed by atoms with van der Waals surface area (Å²) in [6.07, 6.45) is 3.93. The highest BCUT2D eigenvalue weighted by Crippen LogP contribution is 2.26. The molecule has 3 rings (SSSR count). The summed E-state index contributed by atoms with van der Waals surface area (Å²) in [5.74, 6) is -0.594. The summed E-state index contributed by atoms with van der Waals surface area (Å²) in [6.45, 7) is 4.79. The van der Waals surface area contributed by atoms with Crippen LogP contribution < -0.4 is 5.73 Å². The topological polar surface area (TPSA) is 96.6 Å². The van der Waals surface area contributed by atoms with Crippen molar-refractivity contribution in [3.8, 4) is 0 Å². The lowest BCUT2D eigenvalue weighted by Crippen LogP contribution is -2.34. The molecule has 2 N–H and O–H groups in total. The SMILES string of the molecule is CC(C)C(N)CCN(C)C(=O)c1ccc2c(c1)C(=O)N(Cc1ccncc1)C2=O.Cl.Cl. The smallest absolute Gasteiger partial charge is 0.261 e. The van der Waals surface area contributed by atoms with Gasteiger partial charge in [-0.2, -0.15) is 0 Å². The molecule has 7 nitrogen and oxygen atoms in total. The monoisotopic (exact) mass is 466 g/mol. The maximum absolute atomic E-state index is 12.8. The molecule has 0 saturated carbocycles. The largest absolute Gasteiger partial charge is 0.342 e. The van der Waals surface area contributed by atoms with E-state index in [1.807, 2.05) is 13.8 Å². The van der Waals surface area contributed by atoms with Gasteiger partial charge >= 0.3 is 0 Å². The molecule has 1 unspecified atom stereocenters. The van der Waals surface area contributed by atoms with Crippen molar-refractivity contribution >= 4 is 42.5 Å². The molecule has 2 heterocycles. The van der Waals surface area contributed by atoms with Gasteiger partial charge in [-0.1, -0.05) is 13.8 Å². The van der Waals surface area contributed by atoms with Crippen molar-refractivity contribution < 1.29 is 14.4 Å². The zero-order chi connectivity index (χ0) is 21.1. The number of imide groups is 1. The quantitative estimate of drug-likeness (QED) is 0.631. The third-order valence-electron chi connectivity index (χ3n) is 5.31. The van der Waals surface area contributed by atoms with Crippen LogP contribution in [0.1, 0.15) is 56.9 Å². The highest BCUT2D eigenvalue weighted by molar-refractivity contribution is 6.22. The Bertz CT molecular complexity index is 938. The molecule has 0 spiro atoms. The van der Waals surface area contributed by atoms with Gasteiger partial charge < -0.3 is 10.6 Å². The molecule has 1 aliphatic heterocycles. The third kappa shape index (κ3) is 5.81. The predicted molar refractivity (Wildman–Crippen MR) is 124 cm³/mol. The van der Waals surface area contributed by atoms with Gasteiger partial charge in [-0.3, -0.25) is 24.3 Å². The Morgan fingerprint density at radius 3 is 2.29 bits per heavy atom. The molecule has 1 atom stereocenters.